The van der Waals surface area contributed by atoms with E-state index in [9.17, 15) is 0 Å². The Hall–Kier alpha value is -0.210. The van der Waals surface area contributed by atoms with Crippen LogP contribution in [0.2, 0.25) is 5.02 Å². The van der Waals surface area contributed by atoms with Crippen molar-refractivity contribution < 1.29 is 0 Å². The van der Waals surface area contributed by atoms with Gasteiger partial charge in [0.05, 0.1) is 16.4 Å². The molecule has 2 nitrogen and oxygen atoms in total. The molecular weight excluding hydrogens is 267 g/mol. The largest absolute Gasteiger partial charge is 0.268 e. The maximum absolute atomic E-state index is 6.47. The summed E-state index contributed by atoms with van der Waals surface area (Å²) >= 11 is 12.7. The number of rotatable bonds is 6. The summed E-state index contributed by atoms with van der Waals surface area (Å²) in [7, 11) is 0. The third-order valence-electron chi connectivity index (χ3n) is 4.13. The van der Waals surface area contributed by atoms with Gasteiger partial charge in [0.15, 0.2) is 0 Å². The molecule has 1 heterocycles. The van der Waals surface area contributed by atoms with E-state index in [0.29, 0.717) is 5.88 Å². The van der Waals surface area contributed by atoms with Crippen LogP contribution in [0.5, 0.6) is 0 Å². The molecule has 1 atom stereocenters. The fourth-order valence-electron chi connectivity index (χ4n) is 2.65. The highest BCUT2D eigenvalue weighted by atomic mass is 35.5. The zero-order valence-corrected chi connectivity index (χ0v) is 13.0. The third-order valence-corrected chi connectivity index (χ3v) is 5.18. The summed E-state index contributed by atoms with van der Waals surface area (Å²) in [6.45, 7) is 7.37. The molecule has 18 heavy (non-hydrogen) atoms. The standard InChI is InChI=1S/C14H22Cl2N2/c1-4-11-13(16)12(18(5-2)17-11)8-14(3,9-15)10-6-7-10/h10H,4-9H2,1-3H3. The number of aromatic nitrogens is 2. The van der Waals surface area contributed by atoms with Gasteiger partial charge < -0.3 is 0 Å². The Morgan fingerprint density at radius 1 is 1.39 bits per heavy atom. The van der Waals surface area contributed by atoms with Gasteiger partial charge in [0.25, 0.3) is 0 Å². The van der Waals surface area contributed by atoms with E-state index in [0.717, 1.165) is 36.0 Å². The van der Waals surface area contributed by atoms with Gasteiger partial charge >= 0.3 is 0 Å². The molecule has 4 heteroatoms. The molecule has 0 aromatic carbocycles. The first-order valence-electron chi connectivity index (χ1n) is 6.85. The first-order valence-corrected chi connectivity index (χ1v) is 7.77. The van der Waals surface area contributed by atoms with Gasteiger partial charge in [-0.2, -0.15) is 5.10 Å². The van der Waals surface area contributed by atoms with Gasteiger partial charge in [0.1, 0.15) is 0 Å². The summed E-state index contributed by atoms with van der Waals surface area (Å²) in [6.07, 6.45) is 4.45. The molecule has 0 amide bonds. The predicted octanol–water partition coefficient (Wildman–Crippen LogP) is 4.32. The third kappa shape index (κ3) is 2.55. The molecule has 0 saturated heterocycles. The second kappa shape index (κ2) is 5.42. The molecule has 2 rings (SSSR count). The van der Waals surface area contributed by atoms with Crippen molar-refractivity contribution in [3.05, 3.63) is 16.4 Å². The van der Waals surface area contributed by atoms with E-state index in [-0.39, 0.29) is 5.41 Å². The molecule has 1 aromatic rings. The minimum Gasteiger partial charge on any atom is -0.268 e. The van der Waals surface area contributed by atoms with Gasteiger partial charge in [0.2, 0.25) is 0 Å². The second-order valence-electron chi connectivity index (χ2n) is 5.62. The van der Waals surface area contributed by atoms with E-state index >= 15 is 0 Å². The topological polar surface area (TPSA) is 17.8 Å². The van der Waals surface area contributed by atoms with Crippen LogP contribution in [0.15, 0.2) is 0 Å². The summed E-state index contributed by atoms with van der Waals surface area (Å²) in [5, 5.41) is 5.44. The van der Waals surface area contributed by atoms with Gasteiger partial charge in [-0.3, -0.25) is 4.68 Å². The Morgan fingerprint density at radius 2 is 2.06 bits per heavy atom. The lowest BCUT2D eigenvalue weighted by molar-refractivity contribution is 0.304. The smallest absolute Gasteiger partial charge is 0.0850 e. The normalized spacial score (nSPS) is 18.9. The van der Waals surface area contributed by atoms with E-state index in [1.807, 2.05) is 4.68 Å². The highest BCUT2D eigenvalue weighted by molar-refractivity contribution is 6.31. The molecular formula is C14H22Cl2N2. The van der Waals surface area contributed by atoms with Crippen LogP contribution in [-0.4, -0.2) is 15.7 Å². The lowest BCUT2D eigenvalue weighted by atomic mass is 9.82. The average Bonchev–Trinajstić information content (AvgIpc) is 3.18. The number of halogens is 2. The Bertz CT molecular complexity index is 424. The number of nitrogens with zero attached hydrogens (tertiary/aromatic N) is 2. The molecule has 1 saturated carbocycles. The van der Waals surface area contributed by atoms with Crippen LogP contribution in [-0.2, 0) is 19.4 Å². The van der Waals surface area contributed by atoms with Crippen molar-refractivity contribution in [3.63, 3.8) is 0 Å². The molecule has 1 fully saturated rings. The van der Waals surface area contributed by atoms with Crippen molar-refractivity contribution in [2.45, 2.75) is 53.0 Å². The molecule has 0 radical (unpaired) electrons. The number of aryl methyl sites for hydroxylation is 2. The quantitative estimate of drug-likeness (QED) is 0.713. The van der Waals surface area contributed by atoms with Gasteiger partial charge in [-0.25, -0.2) is 0 Å². The van der Waals surface area contributed by atoms with E-state index < -0.39 is 0 Å². The number of alkyl halides is 1. The minimum atomic E-state index is 0.170. The van der Waals surface area contributed by atoms with Crippen molar-refractivity contribution in [2.75, 3.05) is 5.88 Å². The van der Waals surface area contributed by atoms with Crippen LogP contribution in [0.25, 0.3) is 0 Å². The van der Waals surface area contributed by atoms with Crippen molar-refractivity contribution in [3.8, 4) is 0 Å². The summed E-state index contributed by atoms with van der Waals surface area (Å²) in [5.74, 6) is 1.46. The Morgan fingerprint density at radius 3 is 2.50 bits per heavy atom. The van der Waals surface area contributed by atoms with Crippen LogP contribution in [0.3, 0.4) is 0 Å². The van der Waals surface area contributed by atoms with Gasteiger partial charge in [0, 0.05) is 12.4 Å². The van der Waals surface area contributed by atoms with Crippen LogP contribution in [0.1, 0.15) is 45.0 Å². The van der Waals surface area contributed by atoms with Crippen LogP contribution < -0.4 is 0 Å². The lowest BCUT2D eigenvalue weighted by Crippen LogP contribution is -2.26. The van der Waals surface area contributed by atoms with E-state index in [1.165, 1.54) is 18.5 Å². The zero-order valence-electron chi connectivity index (χ0n) is 11.5. The fraction of sp³-hybridized carbons (Fsp3) is 0.786. The molecule has 0 bridgehead atoms. The predicted molar refractivity (Wildman–Crippen MR) is 77.5 cm³/mol. The fourth-order valence-corrected chi connectivity index (χ4v) is 3.30. The maximum atomic E-state index is 6.47. The van der Waals surface area contributed by atoms with Crippen molar-refractivity contribution >= 4 is 23.2 Å². The number of hydrogen-bond donors (Lipinski definition) is 0. The summed E-state index contributed by atoms with van der Waals surface area (Å²) in [5.41, 5.74) is 2.36. The van der Waals surface area contributed by atoms with Gasteiger partial charge in [-0.1, -0.05) is 25.4 Å². The second-order valence-corrected chi connectivity index (χ2v) is 6.26. The highest BCUT2D eigenvalue weighted by Crippen LogP contribution is 2.48. The summed E-state index contributed by atoms with van der Waals surface area (Å²) in [4.78, 5) is 0. The highest BCUT2D eigenvalue weighted by Gasteiger charge is 2.42. The molecule has 0 spiro atoms. The van der Waals surface area contributed by atoms with Gasteiger partial charge in [-0.15, -0.1) is 11.6 Å². The summed E-state index contributed by atoms with van der Waals surface area (Å²) < 4.78 is 2.05. The Labute approximate surface area is 120 Å². The SMILES string of the molecule is CCc1nn(CC)c(CC(C)(CCl)C2CC2)c1Cl. The Balaban J connectivity index is 2.29. The first kappa shape index (κ1) is 14.2. The molecule has 0 aliphatic heterocycles. The van der Waals surface area contributed by atoms with E-state index in [2.05, 4.69) is 25.9 Å². The summed E-state index contributed by atoms with van der Waals surface area (Å²) in [6, 6.07) is 0. The molecule has 1 unspecified atom stereocenters. The molecule has 1 aliphatic rings. The van der Waals surface area contributed by atoms with Crippen molar-refractivity contribution in [1.82, 2.24) is 9.78 Å². The van der Waals surface area contributed by atoms with Crippen molar-refractivity contribution in [2.24, 2.45) is 11.3 Å². The van der Waals surface area contributed by atoms with Crippen LogP contribution >= 0.6 is 23.2 Å². The molecule has 102 valence electrons. The molecule has 0 N–H and O–H groups in total. The Kier molecular flexibility index (Phi) is 4.28. The lowest BCUT2D eigenvalue weighted by Gasteiger charge is -2.27. The van der Waals surface area contributed by atoms with Crippen molar-refractivity contribution in [1.29, 1.82) is 0 Å². The molecule has 1 aliphatic carbocycles. The zero-order chi connectivity index (χ0) is 13.3. The maximum Gasteiger partial charge on any atom is 0.0850 e. The molecule has 1 aromatic heterocycles. The number of hydrogen-bond acceptors (Lipinski definition) is 1. The average molecular weight is 289 g/mol. The van der Waals surface area contributed by atoms with E-state index in [4.69, 9.17) is 23.2 Å². The van der Waals surface area contributed by atoms with Crippen LogP contribution in [0.4, 0.5) is 0 Å². The van der Waals surface area contributed by atoms with Gasteiger partial charge in [-0.05, 0) is 43.9 Å². The first-order chi connectivity index (χ1) is 8.55. The van der Waals surface area contributed by atoms with Crippen LogP contribution in [0, 0.1) is 11.3 Å². The minimum absolute atomic E-state index is 0.170. The van der Waals surface area contributed by atoms with E-state index in [1.54, 1.807) is 0 Å². The monoisotopic (exact) mass is 288 g/mol.